The predicted molar refractivity (Wildman–Crippen MR) is 70.9 cm³/mol. The van der Waals surface area contributed by atoms with Gasteiger partial charge in [0, 0.05) is 17.6 Å². The van der Waals surface area contributed by atoms with Crippen molar-refractivity contribution in [3.8, 4) is 6.07 Å². The first-order valence-electron chi connectivity index (χ1n) is 6.74. The molecule has 0 aliphatic heterocycles. The van der Waals surface area contributed by atoms with E-state index in [4.69, 9.17) is 5.26 Å². The lowest BCUT2D eigenvalue weighted by atomic mass is 9.82. The molecule has 1 aliphatic rings. The monoisotopic (exact) mass is 262 g/mol. The van der Waals surface area contributed by atoms with E-state index in [1.165, 1.54) is 12.5 Å². The van der Waals surface area contributed by atoms with Crippen molar-refractivity contribution >= 4 is 0 Å². The fraction of sp³-hybridized carbons (Fsp3) is 0.533. The average molecular weight is 262 g/mol. The molecule has 19 heavy (non-hydrogen) atoms. The van der Waals surface area contributed by atoms with Crippen LogP contribution in [0.1, 0.15) is 43.2 Å². The zero-order chi connectivity index (χ0) is 13.7. The number of aliphatic hydroxyl groups excluding tert-OH is 1. The second kappa shape index (κ2) is 6.14. The second-order valence-electron chi connectivity index (χ2n) is 5.24. The van der Waals surface area contributed by atoms with Crippen molar-refractivity contribution in [2.24, 2.45) is 0 Å². The Kier molecular flexibility index (Phi) is 4.52. The van der Waals surface area contributed by atoms with Gasteiger partial charge in [-0.15, -0.1) is 0 Å². The Labute approximate surface area is 113 Å². The SMILES string of the molecule is N#Cc1cccc(CNC2(CO)CCCCC2)c1F. The third-order valence-electron chi connectivity index (χ3n) is 3.97. The molecule has 0 spiro atoms. The van der Waals surface area contributed by atoms with E-state index < -0.39 is 5.82 Å². The summed E-state index contributed by atoms with van der Waals surface area (Å²) in [6.45, 7) is 0.425. The van der Waals surface area contributed by atoms with Crippen LogP contribution in [0.5, 0.6) is 0 Å². The summed E-state index contributed by atoms with van der Waals surface area (Å²) in [5.41, 5.74) is 0.270. The number of halogens is 1. The first kappa shape index (κ1) is 14.0. The average Bonchev–Trinajstić information content (AvgIpc) is 2.47. The van der Waals surface area contributed by atoms with Gasteiger partial charge in [0.2, 0.25) is 0 Å². The highest BCUT2D eigenvalue weighted by Gasteiger charge is 2.30. The molecule has 3 nitrogen and oxygen atoms in total. The van der Waals surface area contributed by atoms with E-state index in [1.54, 1.807) is 12.1 Å². The Bertz CT molecular complexity index is 476. The van der Waals surface area contributed by atoms with Crippen LogP contribution in [0.15, 0.2) is 18.2 Å². The summed E-state index contributed by atoms with van der Waals surface area (Å²) in [5, 5.41) is 21.7. The van der Waals surface area contributed by atoms with Crippen LogP contribution >= 0.6 is 0 Å². The molecule has 0 heterocycles. The second-order valence-corrected chi connectivity index (χ2v) is 5.24. The van der Waals surface area contributed by atoms with Gasteiger partial charge in [-0.1, -0.05) is 31.4 Å². The van der Waals surface area contributed by atoms with Crippen LogP contribution in [-0.4, -0.2) is 17.3 Å². The van der Waals surface area contributed by atoms with Crippen molar-refractivity contribution < 1.29 is 9.50 Å². The number of hydrogen-bond donors (Lipinski definition) is 2. The molecule has 0 unspecified atom stereocenters. The lowest BCUT2D eigenvalue weighted by Gasteiger charge is -2.36. The summed E-state index contributed by atoms with van der Waals surface area (Å²) in [5.74, 6) is -0.457. The topological polar surface area (TPSA) is 56.0 Å². The standard InChI is InChI=1S/C15H19FN2O/c16-14-12(9-17)5-4-6-13(14)10-18-15(11-19)7-2-1-3-8-15/h4-6,18-19H,1-3,7-8,10-11H2. The van der Waals surface area contributed by atoms with Gasteiger partial charge in [-0.3, -0.25) is 0 Å². The van der Waals surface area contributed by atoms with E-state index in [1.807, 2.05) is 6.07 Å². The highest BCUT2D eigenvalue weighted by Crippen LogP contribution is 2.28. The lowest BCUT2D eigenvalue weighted by Crippen LogP contribution is -2.49. The number of nitrogens with zero attached hydrogens (tertiary/aromatic N) is 1. The quantitative estimate of drug-likeness (QED) is 0.876. The van der Waals surface area contributed by atoms with Crippen molar-refractivity contribution in [1.82, 2.24) is 5.32 Å². The van der Waals surface area contributed by atoms with Gasteiger partial charge in [0.1, 0.15) is 11.9 Å². The predicted octanol–water partition coefficient (Wildman–Crippen LogP) is 2.48. The summed E-state index contributed by atoms with van der Waals surface area (Å²) in [7, 11) is 0. The molecule has 1 fully saturated rings. The van der Waals surface area contributed by atoms with E-state index in [-0.39, 0.29) is 17.7 Å². The molecule has 0 aromatic heterocycles. The van der Waals surface area contributed by atoms with Gasteiger partial charge in [0.05, 0.1) is 12.2 Å². The van der Waals surface area contributed by atoms with Crippen LogP contribution in [-0.2, 0) is 6.54 Å². The van der Waals surface area contributed by atoms with E-state index in [9.17, 15) is 9.50 Å². The maximum atomic E-state index is 13.9. The molecule has 2 N–H and O–H groups in total. The summed E-state index contributed by atoms with van der Waals surface area (Å²) < 4.78 is 13.9. The molecular formula is C15H19FN2O. The number of aliphatic hydroxyl groups is 1. The Morgan fingerprint density at radius 1 is 1.32 bits per heavy atom. The maximum Gasteiger partial charge on any atom is 0.145 e. The molecule has 0 saturated heterocycles. The fourth-order valence-corrected chi connectivity index (χ4v) is 2.70. The molecule has 1 aromatic carbocycles. The first-order valence-corrected chi connectivity index (χ1v) is 6.74. The van der Waals surface area contributed by atoms with E-state index in [2.05, 4.69) is 5.32 Å². The third-order valence-corrected chi connectivity index (χ3v) is 3.97. The molecule has 1 aliphatic carbocycles. The van der Waals surface area contributed by atoms with Crippen LogP contribution in [0, 0.1) is 17.1 Å². The van der Waals surface area contributed by atoms with Gasteiger partial charge < -0.3 is 10.4 Å². The van der Waals surface area contributed by atoms with Gasteiger partial charge in [-0.05, 0) is 18.9 Å². The van der Waals surface area contributed by atoms with Crippen molar-refractivity contribution in [2.45, 2.75) is 44.2 Å². The highest BCUT2D eigenvalue weighted by molar-refractivity contribution is 5.34. The summed E-state index contributed by atoms with van der Waals surface area (Å²) in [6, 6.07) is 6.68. The van der Waals surface area contributed by atoms with Crippen molar-refractivity contribution in [3.63, 3.8) is 0 Å². The molecule has 0 radical (unpaired) electrons. The smallest absolute Gasteiger partial charge is 0.145 e. The van der Waals surface area contributed by atoms with Gasteiger partial charge >= 0.3 is 0 Å². The lowest BCUT2D eigenvalue weighted by molar-refractivity contribution is 0.119. The van der Waals surface area contributed by atoms with Crippen molar-refractivity contribution in [1.29, 1.82) is 5.26 Å². The van der Waals surface area contributed by atoms with Gasteiger partial charge in [0.15, 0.2) is 0 Å². The van der Waals surface area contributed by atoms with E-state index in [0.717, 1.165) is 25.7 Å². The zero-order valence-corrected chi connectivity index (χ0v) is 11.0. The fourth-order valence-electron chi connectivity index (χ4n) is 2.70. The normalized spacial score (nSPS) is 17.9. The van der Waals surface area contributed by atoms with Crippen molar-refractivity contribution in [3.05, 3.63) is 35.1 Å². The highest BCUT2D eigenvalue weighted by atomic mass is 19.1. The molecule has 0 amide bonds. The maximum absolute atomic E-state index is 13.9. The summed E-state index contributed by atoms with van der Waals surface area (Å²) in [4.78, 5) is 0. The molecular weight excluding hydrogens is 243 g/mol. The minimum absolute atomic E-state index is 0.0704. The van der Waals surface area contributed by atoms with E-state index >= 15 is 0 Å². The number of nitriles is 1. The van der Waals surface area contributed by atoms with Gasteiger partial charge in [-0.25, -0.2) is 4.39 Å². The number of hydrogen-bond acceptors (Lipinski definition) is 3. The molecule has 4 heteroatoms. The minimum Gasteiger partial charge on any atom is -0.394 e. The van der Waals surface area contributed by atoms with Gasteiger partial charge in [0.25, 0.3) is 0 Å². The number of rotatable bonds is 4. The molecule has 1 saturated carbocycles. The van der Waals surface area contributed by atoms with Crippen LogP contribution in [0.4, 0.5) is 4.39 Å². The third kappa shape index (κ3) is 3.12. The molecule has 2 rings (SSSR count). The van der Waals surface area contributed by atoms with Crippen molar-refractivity contribution in [2.75, 3.05) is 6.61 Å². The Hall–Kier alpha value is -1.44. The van der Waals surface area contributed by atoms with Crippen LogP contribution in [0.2, 0.25) is 0 Å². The summed E-state index contributed by atoms with van der Waals surface area (Å²) in [6.07, 6.45) is 5.22. The Morgan fingerprint density at radius 3 is 2.68 bits per heavy atom. The minimum atomic E-state index is -0.457. The van der Waals surface area contributed by atoms with Crippen LogP contribution < -0.4 is 5.32 Å². The van der Waals surface area contributed by atoms with E-state index in [0.29, 0.717) is 12.1 Å². The first-order chi connectivity index (χ1) is 9.21. The van der Waals surface area contributed by atoms with Gasteiger partial charge in [-0.2, -0.15) is 5.26 Å². The van der Waals surface area contributed by atoms with Crippen LogP contribution in [0.3, 0.4) is 0 Å². The Morgan fingerprint density at radius 2 is 2.05 bits per heavy atom. The molecule has 0 atom stereocenters. The number of benzene rings is 1. The molecule has 0 bridgehead atoms. The zero-order valence-electron chi connectivity index (χ0n) is 11.0. The molecule has 102 valence electrons. The summed E-state index contributed by atoms with van der Waals surface area (Å²) >= 11 is 0. The molecule has 1 aromatic rings. The van der Waals surface area contributed by atoms with Crippen LogP contribution in [0.25, 0.3) is 0 Å². The Balaban J connectivity index is 2.07. The largest absolute Gasteiger partial charge is 0.394 e. The number of nitrogens with one attached hydrogen (secondary N) is 1.